The zero-order valence-corrected chi connectivity index (χ0v) is 12.4. The van der Waals surface area contributed by atoms with Crippen molar-refractivity contribution in [1.82, 2.24) is 5.43 Å². The summed E-state index contributed by atoms with van der Waals surface area (Å²) < 4.78 is 0.911. The quantitative estimate of drug-likeness (QED) is 0.669. The summed E-state index contributed by atoms with van der Waals surface area (Å²) in [6.07, 6.45) is 0. The lowest BCUT2D eigenvalue weighted by Gasteiger charge is -2.03. The molecular weight excluding hydrogens is 320 g/mol. The van der Waals surface area contributed by atoms with Crippen molar-refractivity contribution in [3.05, 3.63) is 64.1 Å². The van der Waals surface area contributed by atoms with Crippen molar-refractivity contribution >= 4 is 27.5 Å². The Hall–Kier alpha value is -2.14. The number of nitrogens with one attached hydrogen (secondary N) is 1. The number of benzene rings is 2. The van der Waals surface area contributed by atoms with Gasteiger partial charge in [-0.2, -0.15) is 5.10 Å². The molecule has 0 spiro atoms. The molecule has 0 aliphatic carbocycles. The van der Waals surface area contributed by atoms with Gasteiger partial charge >= 0.3 is 0 Å². The van der Waals surface area contributed by atoms with Crippen LogP contribution in [0.2, 0.25) is 0 Å². The summed E-state index contributed by atoms with van der Waals surface area (Å²) in [6, 6.07) is 13.7. The Morgan fingerprint density at radius 1 is 1.15 bits per heavy atom. The highest BCUT2D eigenvalue weighted by Crippen LogP contribution is 2.12. The highest BCUT2D eigenvalue weighted by Gasteiger charge is 2.04. The van der Waals surface area contributed by atoms with Crippen molar-refractivity contribution in [2.45, 2.75) is 6.92 Å². The van der Waals surface area contributed by atoms with Gasteiger partial charge < -0.3 is 5.11 Å². The fourth-order valence-electron chi connectivity index (χ4n) is 1.60. The van der Waals surface area contributed by atoms with Crippen LogP contribution in [0.4, 0.5) is 0 Å². The molecule has 2 aromatic rings. The summed E-state index contributed by atoms with van der Waals surface area (Å²) in [6.45, 7) is 1.76. The van der Waals surface area contributed by atoms with Crippen LogP contribution < -0.4 is 5.43 Å². The van der Waals surface area contributed by atoms with Gasteiger partial charge in [0.15, 0.2) is 0 Å². The molecule has 20 heavy (non-hydrogen) atoms. The molecule has 4 nitrogen and oxygen atoms in total. The summed E-state index contributed by atoms with van der Waals surface area (Å²) in [7, 11) is 0. The van der Waals surface area contributed by atoms with Crippen molar-refractivity contribution in [2.24, 2.45) is 5.10 Å². The van der Waals surface area contributed by atoms with Crippen LogP contribution in [0.25, 0.3) is 0 Å². The van der Waals surface area contributed by atoms with Crippen LogP contribution in [-0.4, -0.2) is 16.7 Å². The Morgan fingerprint density at radius 2 is 1.85 bits per heavy atom. The summed E-state index contributed by atoms with van der Waals surface area (Å²) in [4.78, 5) is 11.9. The molecule has 2 rings (SSSR count). The lowest BCUT2D eigenvalue weighted by molar-refractivity contribution is 0.0955. The van der Waals surface area contributed by atoms with Crippen molar-refractivity contribution in [3.63, 3.8) is 0 Å². The van der Waals surface area contributed by atoms with Gasteiger partial charge in [0.2, 0.25) is 0 Å². The summed E-state index contributed by atoms with van der Waals surface area (Å²) in [5.41, 5.74) is 4.38. The number of carbonyl (C=O) groups is 1. The first kappa shape index (κ1) is 14.3. The number of halogens is 1. The van der Waals surface area contributed by atoms with Crippen LogP contribution in [0.3, 0.4) is 0 Å². The largest absolute Gasteiger partial charge is 0.508 e. The van der Waals surface area contributed by atoms with E-state index in [0.29, 0.717) is 11.3 Å². The maximum Gasteiger partial charge on any atom is 0.271 e. The van der Waals surface area contributed by atoms with Crippen molar-refractivity contribution in [2.75, 3.05) is 0 Å². The smallest absolute Gasteiger partial charge is 0.271 e. The fraction of sp³-hybridized carbons (Fsp3) is 0.0667. The molecule has 5 heteroatoms. The topological polar surface area (TPSA) is 61.7 Å². The average Bonchev–Trinajstić information content (AvgIpc) is 2.45. The Labute approximate surface area is 125 Å². The first-order chi connectivity index (χ1) is 9.56. The molecule has 0 atom stereocenters. The van der Waals surface area contributed by atoms with E-state index in [1.165, 1.54) is 0 Å². The number of phenols is 1. The third kappa shape index (κ3) is 3.68. The fourth-order valence-corrected chi connectivity index (χ4v) is 1.86. The Morgan fingerprint density at radius 3 is 2.50 bits per heavy atom. The Bertz CT molecular complexity index is 651. The molecule has 0 heterocycles. The van der Waals surface area contributed by atoms with Gasteiger partial charge in [-0.1, -0.05) is 28.1 Å². The van der Waals surface area contributed by atoms with Gasteiger partial charge in [0, 0.05) is 15.6 Å². The van der Waals surface area contributed by atoms with Crippen LogP contribution in [0, 0.1) is 0 Å². The molecule has 0 radical (unpaired) electrons. The molecule has 2 N–H and O–H groups in total. The predicted molar refractivity (Wildman–Crippen MR) is 81.9 cm³/mol. The number of phenolic OH excluding ortho intramolecular Hbond substituents is 1. The third-order valence-corrected chi connectivity index (χ3v) is 3.22. The predicted octanol–water partition coefficient (Wildman–Crippen LogP) is 3.31. The Kier molecular flexibility index (Phi) is 4.53. The highest BCUT2D eigenvalue weighted by atomic mass is 79.9. The molecule has 0 fully saturated rings. The van der Waals surface area contributed by atoms with E-state index in [0.717, 1.165) is 10.0 Å². The lowest BCUT2D eigenvalue weighted by atomic mass is 10.1. The van der Waals surface area contributed by atoms with Crippen LogP contribution in [0.15, 0.2) is 58.1 Å². The normalized spacial score (nSPS) is 11.2. The van der Waals surface area contributed by atoms with E-state index < -0.39 is 0 Å². The molecule has 2 aromatic carbocycles. The number of aromatic hydroxyl groups is 1. The number of hydrogen-bond acceptors (Lipinski definition) is 3. The summed E-state index contributed by atoms with van der Waals surface area (Å²) in [5, 5.41) is 13.4. The van der Waals surface area contributed by atoms with E-state index in [1.807, 2.05) is 6.07 Å². The second-order valence-corrected chi connectivity index (χ2v) is 5.11. The maximum absolute atomic E-state index is 11.9. The van der Waals surface area contributed by atoms with E-state index >= 15 is 0 Å². The molecule has 0 unspecified atom stereocenters. The first-order valence-electron chi connectivity index (χ1n) is 5.96. The second kappa shape index (κ2) is 6.34. The SMILES string of the molecule is CC(=NNC(=O)c1ccc(Br)cc1)c1cccc(O)c1. The van der Waals surface area contributed by atoms with Gasteiger partial charge in [-0.15, -0.1) is 0 Å². The number of rotatable bonds is 3. The summed E-state index contributed by atoms with van der Waals surface area (Å²) in [5.74, 6) is -0.117. The number of amides is 1. The molecule has 102 valence electrons. The van der Waals surface area contributed by atoms with Crippen LogP contribution >= 0.6 is 15.9 Å². The highest BCUT2D eigenvalue weighted by molar-refractivity contribution is 9.10. The van der Waals surface area contributed by atoms with Gasteiger partial charge in [-0.05, 0) is 43.3 Å². The number of carbonyl (C=O) groups excluding carboxylic acids is 1. The second-order valence-electron chi connectivity index (χ2n) is 4.20. The van der Waals surface area contributed by atoms with Crippen molar-refractivity contribution in [1.29, 1.82) is 0 Å². The number of hydrogen-bond donors (Lipinski definition) is 2. The van der Waals surface area contributed by atoms with Gasteiger partial charge in [0.25, 0.3) is 5.91 Å². The van der Waals surface area contributed by atoms with Crippen molar-refractivity contribution < 1.29 is 9.90 Å². The minimum Gasteiger partial charge on any atom is -0.508 e. The molecule has 0 aromatic heterocycles. The van der Waals surface area contributed by atoms with Gasteiger partial charge in [0.05, 0.1) is 5.71 Å². The molecule has 0 saturated heterocycles. The minimum atomic E-state index is -0.281. The minimum absolute atomic E-state index is 0.163. The van der Waals surface area contributed by atoms with E-state index in [2.05, 4.69) is 26.5 Å². The Balaban J connectivity index is 2.08. The summed E-state index contributed by atoms with van der Waals surface area (Å²) >= 11 is 3.31. The van der Waals surface area contributed by atoms with Gasteiger partial charge in [-0.25, -0.2) is 5.43 Å². The molecule has 0 aliphatic rings. The van der Waals surface area contributed by atoms with Gasteiger partial charge in [0.1, 0.15) is 5.75 Å². The zero-order valence-electron chi connectivity index (χ0n) is 10.8. The van der Waals surface area contributed by atoms with E-state index in [-0.39, 0.29) is 11.7 Å². The van der Waals surface area contributed by atoms with Crippen LogP contribution in [0.1, 0.15) is 22.8 Å². The monoisotopic (exact) mass is 332 g/mol. The molecule has 1 amide bonds. The van der Waals surface area contributed by atoms with E-state index in [4.69, 9.17) is 0 Å². The van der Waals surface area contributed by atoms with Crippen molar-refractivity contribution in [3.8, 4) is 5.75 Å². The maximum atomic E-state index is 11.9. The van der Waals surface area contributed by atoms with Crippen LogP contribution in [-0.2, 0) is 0 Å². The zero-order chi connectivity index (χ0) is 14.5. The molecule has 0 bridgehead atoms. The third-order valence-electron chi connectivity index (χ3n) is 2.70. The first-order valence-corrected chi connectivity index (χ1v) is 6.75. The standard InChI is InChI=1S/C15H13BrN2O2/c1-10(12-3-2-4-14(19)9-12)17-18-15(20)11-5-7-13(16)8-6-11/h2-9,19H,1H3,(H,18,20). The average molecular weight is 333 g/mol. The number of nitrogens with zero attached hydrogens (tertiary/aromatic N) is 1. The number of hydrazone groups is 1. The van der Waals surface area contributed by atoms with Gasteiger partial charge in [-0.3, -0.25) is 4.79 Å². The molecule has 0 saturated carbocycles. The van der Waals surface area contributed by atoms with E-state index in [1.54, 1.807) is 49.4 Å². The molecule has 0 aliphatic heterocycles. The lowest BCUT2D eigenvalue weighted by Crippen LogP contribution is -2.19. The van der Waals surface area contributed by atoms with Crippen LogP contribution in [0.5, 0.6) is 5.75 Å². The molecular formula is C15H13BrN2O2. The van der Waals surface area contributed by atoms with E-state index in [9.17, 15) is 9.90 Å².